The monoisotopic (exact) mass is 285 g/mol. The zero-order chi connectivity index (χ0) is 13.9. The first-order valence-corrected chi connectivity index (χ1v) is 7.37. The summed E-state index contributed by atoms with van der Waals surface area (Å²) in [6.45, 7) is 0. The van der Waals surface area contributed by atoms with Gasteiger partial charge in [-0.05, 0) is 36.6 Å². The standard InChI is InChI=1S/C15H15N3OS/c16-14-8-6-11(9-17-14)20-13-7-5-10-3-1-2-4-12(10)18-15(13)19/h1-4,6,8-9,13H,5,7H2,(H2,16,17)(H,18,19). The Morgan fingerprint density at radius 2 is 2.10 bits per heavy atom. The van der Waals surface area contributed by atoms with E-state index in [0.717, 1.165) is 23.4 Å². The van der Waals surface area contributed by atoms with Crippen molar-refractivity contribution >= 4 is 29.2 Å². The lowest BCUT2D eigenvalue weighted by molar-refractivity contribution is -0.115. The Kier molecular flexibility index (Phi) is 3.60. The number of para-hydroxylation sites is 1. The molecule has 3 N–H and O–H groups in total. The second-order valence-electron chi connectivity index (χ2n) is 4.71. The molecule has 1 amide bonds. The molecule has 0 spiro atoms. The number of pyridine rings is 1. The molecular weight excluding hydrogens is 270 g/mol. The van der Waals surface area contributed by atoms with Crippen LogP contribution in [0.4, 0.5) is 11.5 Å². The summed E-state index contributed by atoms with van der Waals surface area (Å²) in [6.07, 6.45) is 3.43. The van der Waals surface area contributed by atoms with Crippen LogP contribution in [-0.2, 0) is 11.2 Å². The molecule has 0 fully saturated rings. The van der Waals surface area contributed by atoms with Crippen molar-refractivity contribution in [3.8, 4) is 0 Å². The zero-order valence-electron chi connectivity index (χ0n) is 10.9. The number of fused-ring (bicyclic) bond motifs is 1. The van der Waals surface area contributed by atoms with Crippen LogP contribution in [0.3, 0.4) is 0 Å². The third-order valence-electron chi connectivity index (χ3n) is 3.28. The predicted octanol–water partition coefficient (Wildman–Crippen LogP) is 2.71. The van der Waals surface area contributed by atoms with E-state index in [1.54, 1.807) is 12.3 Å². The maximum atomic E-state index is 12.3. The summed E-state index contributed by atoms with van der Waals surface area (Å²) in [5.74, 6) is 0.545. The summed E-state index contributed by atoms with van der Waals surface area (Å²) in [7, 11) is 0. The van der Waals surface area contributed by atoms with Gasteiger partial charge in [-0.25, -0.2) is 4.98 Å². The summed E-state index contributed by atoms with van der Waals surface area (Å²) in [6, 6.07) is 11.6. The number of carbonyl (C=O) groups is 1. The van der Waals surface area contributed by atoms with E-state index in [1.807, 2.05) is 24.3 Å². The fourth-order valence-electron chi connectivity index (χ4n) is 2.23. The van der Waals surface area contributed by atoms with Gasteiger partial charge in [-0.3, -0.25) is 4.79 Å². The molecule has 0 aliphatic carbocycles. The summed E-state index contributed by atoms with van der Waals surface area (Å²) in [5, 5.41) is 2.90. The van der Waals surface area contributed by atoms with E-state index in [2.05, 4.69) is 16.4 Å². The van der Waals surface area contributed by atoms with Crippen molar-refractivity contribution in [3.05, 3.63) is 48.2 Å². The molecule has 0 saturated heterocycles. The topological polar surface area (TPSA) is 68.0 Å². The lowest BCUT2D eigenvalue weighted by Gasteiger charge is -2.12. The van der Waals surface area contributed by atoms with Crippen molar-refractivity contribution in [1.82, 2.24) is 4.98 Å². The molecule has 1 aliphatic heterocycles. The Hall–Kier alpha value is -2.01. The average Bonchev–Trinajstić information content (AvgIpc) is 2.61. The minimum Gasteiger partial charge on any atom is -0.384 e. The van der Waals surface area contributed by atoms with Crippen LogP contribution in [0.25, 0.3) is 0 Å². The lowest BCUT2D eigenvalue weighted by atomic mass is 10.1. The molecule has 1 aromatic heterocycles. The second-order valence-corrected chi connectivity index (χ2v) is 5.99. The molecule has 1 aromatic carbocycles. The minimum atomic E-state index is -0.104. The van der Waals surface area contributed by atoms with E-state index in [0.29, 0.717) is 5.82 Å². The Labute approximate surface area is 121 Å². The van der Waals surface area contributed by atoms with Gasteiger partial charge < -0.3 is 11.1 Å². The quantitative estimate of drug-likeness (QED) is 0.890. The summed E-state index contributed by atoms with van der Waals surface area (Å²) in [4.78, 5) is 17.3. The van der Waals surface area contributed by atoms with Gasteiger partial charge in [0.25, 0.3) is 0 Å². The molecule has 0 bridgehead atoms. The second kappa shape index (κ2) is 5.54. The molecule has 5 heteroatoms. The van der Waals surface area contributed by atoms with E-state index in [9.17, 15) is 4.79 Å². The number of anilines is 2. The number of nitrogens with zero attached hydrogens (tertiary/aromatic N) is 1. The number of nitrogens with two attached hydrogens (primary N) is 1. The van der Waals surface area contributed by atoms with Gasteiger partial charge >= 0.3 is 0 Å². The number of hydrogen-bond donors (Lipinski definition) is 2. The number of hydrogen-bond acceptors (Lipinski definition) is 4. The Balaban J connectivity index is 1.76. The molecule has 102 valence electrons. The average molecular weight is 285 g/mol. The van der Waals surface area contributed by atoms with Crippen molar-refractivity contribution in [2.45, 2.75) is 23.0 Å². The van der Waals surface area contributed by atoms with Gasteiger partial charge in [-0.2, -0.15) is 0 Å². The number of nitrogens with one attached hydrogen (secondary N) is 1. The van der Waals surface area contributed by atoms with Gasteiger partial charge in [0.2, 0.25) is 5.91 Å². The van der Waals surface area contributed by atoms with E-state index >= 15 is 0 Å². The highest BCUT2D eigenvalue weighted by atomic mass is 32.2. The Bertz CT molecular complexity index is 627. The van der Waals surface area contributed by atoms with Crippen LogP contribution < -0.4 is 11.1 Å². The third kappa shape index (κ3) is 2.77. The first kappa shape index (κ1) is 13.0. The number of rotatable bonds is 2. The van der Waals surface area contributed by atoms with Gasteiger partial charge in [0.15, 0.2) is 0 Å². The molecule has 20 heavy (non-hydrogen) atoms. The Morgan fingerprint density at radius 3 is 2.90 bits per heavy atom. The van der Waals surface area contributed by atoms with Crippen LogP contribution in [0.15, 0.2) is 47.5 Å². The largest absolute Gasteiger partial charge is 0.384 e. The molecule has 1 unspecified atom stereocenters. The summed E-state index contributed by atoms with van der Waals surface area (Å²) >= 11 is 1.54. The molecule has 1 aliphatic rings. The van der Waals surface area contributed by atoms with E-state index in [-0.39, 0.29) is 11.2 Å². The SMILES string of the molecule is Nc1ccc(SC2CCc3ccccc3NC2=O)cn1. The van der Waals surface area contributed by atoms with Gasteiger partial charge in [0.1, 0.15) is 5.82 Å². The number of benzene rings is 1. The number of nitrogen functional groups attached to an aromatic ring is 1. The number of aromatic nitrogens is 1. The van der Waals surface area contributed by atoms with Crippen molar-refractivity contribution < 1.29 is 4.79 Å². The van der Waals surface area contributed by atoms with Crippen molar-refractivity contribution in [1.29, 1.82) is 0 Å². The van der Waals surface area contributed by atoms with Gasteiger partial charge in [-0.15, -0.1) is 11.8 Å². The molecule has 2 aromatic rings. The van der Waals surface area contributed by atoms with Crippen molar-refractivity contribution in [3.63, 3.8) is 0 Å². The third-order valence-corrected chi connectivity index (χ3v) is 4.53. The first-order chi connectivity index (χ1) is 9.72. The van der Waals surface area contributed by atoms with Crippen LogP contribution >= 0.6 is 11.8 Å². The molecule has 2 heterocycles. The van der Waals surface area contributed by atoms with E-state index in [4.69, 9.17) is 5.73 Å². The van der Waals surface area contributed by atoms with E-state index in [1.165, 1.54) is 17.3 Å². The Morgan fingerprint density at radius 1 is 1.25 bits per heavy atom. The highest BCUT2D eigenvalue weighted by molar-refractivity contribution is 8.00. The van der Waals surface area contributed by atoms with Crippen molar-refractivity contribution in [2.75, 3.05) is 11.1 Å². The van der Waals surface area contributed by atoms with Crippen molar-refractivity contribution in [2.24, 2.45) is 0 Å². The van der Waals surface area contributed by atoms with Gasteiger partial charge in [0, 0.05) is 16.8 Å². The number of thioether (sulfide) groups is 1. The van der Waals surface area contributed by atoms with Crippen LogP contribution in [-0.4, -0.2) is 16.1 Å². The fourth-order valence-corrected chi connectivity index (χ4v) is 3.22. The maximum Gasteiger partial charge on any atom is 0.237 e. The number of amides is 1. The highest BCUT2D eigenvalue weighted by Crippen LogP contribution is 2.31. The molecule has 1 atom stereocenters. The first-order valence-electron chi connectivity index (χ1n) is 6.49. The molecule has 0 saturated carbocycles. The molecule has 4 nitrogen and oxygen atoms in total. The fraction of sp³-hybridized carbons (Fsp3) is 0.200. The van der Waals surface area contributed by atoms with E-state index < -0.39 is 0 Å². The predicted molar refractivity (Wildman–Crippen MR) is 81.7 cm³/mol. The van der Waals surface area contributed by atoms with Gasteiger partial charge in [-0.1, -0.05) is 18.2 Å². The normalized spacial score (nSPS) is 18.0. The molecule has 3 rings (SSSR count). The smallest absolute Gasteiger partial charge is 0.237 e. The van der Waals surface area contributed by atoms with Crippen LogP contribution in [0.2, 0.25) is 0 Å². The van der Waals surface area contributed by atoms with Crippen LogP contribution in [0.1, 0.15) is 12.0 Å². The zero-order valence-corrected chi connectivity index (χ0v) is 11.7. The summed E-state index contributed by atoms with van der Waals surface area (Å²) < 4.78 is 0. The van der Waals surface area contributed by atoms with Crippen LogP contribution in [0.5, 0.6) is 0 Å². The van der Waals surface area contributed by atoms with Gasteiger partial charge in [0.05, 0.1) is 5.25 Å². The summed E-state index contributed by atoms with van der Waals surface area (Å²) in [5.41, 5.74) is 7.69. The molecule has 0 radical (unpaired) electrons. The number of carbonyl (C=O) groups excluding carboxylic acids is 1. The lowest BCUT2D eigenvalue weighted by Crippen LogP contribution is -2.23. The molecular formula is C15H15N3OS. The maximum absolute atomic E-state index is 12.3. The highest BCUT2D eigenvalue weighted by Gasteiger charge is 2.24. The number of aryl methyl sites for hydroxylation is 1. The minimum absolute atomic E-state index is 0.0526. The van der Waals surface area contributed by atoms with Crippen LogP contribution in [0, 0.1) is 0 Å².